The number of aliphatic hydroxyl groups is 1. The molecule has 1 N–H and O–H groups in total. The molecule has 0 amide bonds. The molecule has 18 heavy (non-hydrogen) atoms. The Bertz CT molecular complexity index is 412. The fourth-order valence-corrected chi connectivity index (χ4v) is 2.16. The van der Waals surface area contributed by atoms with E-state index in [4.69, 9.17) is 9.47 Å². The van der Waals surface area contributed by atoms with Crippen LogP contribution in [0.5, 0.6) is 11.5 Å². The second-order valence-electron chi connectivity index (χ2n) is 5.17. The Labute approximate surface area is 109 Å². The van der Waals surface area contributed by atoms with Crippen LogP contribution in [-0.4, -0.2) is 18.3 Å². The van der Waals surface area contributed by atoms with E-state index in [0.29, 0.717) is 13.2 Å². The van der Waals surface area contributed by atoms with Crippen molar-refractivity contribution in [3.63, 3.8) is 0 Å². The van der Waals surface area contributed by atoms with Crippen molar-refractivity contribution in [2.24, 2.45) is 5.92 Å². The van der Waals surface area contributed by atoms with Crippen LogP contribution in [-0.2, 0) is 5.60 Å². The molecule has 0 spiro atoms. The molecular formula is C15H22O3. The van der Waals surface area contributed by atoms with E-state index in [1.807, 2.05) is 25.1 Å². The predicted molar refractivity (Wildman–Crippen MR) is 71.1 cm³/mol. The summed E-state index contributed by atoms with van der Waals surface area (Å²) in [6.45, 7) is 7.36. The summed E-state index contributed by atoms with van der Waals surface area (Å²) < 4.78 is 11.3. The van der Waals surface area contributed by atoms with E-state index in [1.54, 1.807) is 0 Å². The van der Waals surface area contributed by atoms with Crippen LogP contribution < -0.4 is 9.47 Å². The Morgan fingerprint density at radius 3 is 2.61 bits per heavy atom. The van der Waals surface area contributed by atoms with Gasteiger partial charge in [-0.3, -0.25) is 0 Å². The number of rotatable bonds is 3. The fraction of sp³-hybridized carbons (Fsp3) is 0.600. The molecule has 1 aromatic carbocycles. The molecule has 3 heteroatoms. The van der Waals surface area contributed by atoms with Gasteiger partial charge in [0, 0.05) is 6.42 Å². The van der Waals surface area contributed by atoms with Gasteiger partial charge in [-0.2, -0.15) is 0 Å². The first-order valence-corrected chi connectivity index (χ1v) is 6.68. The highest BCUT2D eigenvalue weighted by atomic mass is 16.5. The van der Waals surface area contributed by atoms with Gasteiger partial charge in [0.25, 0.3) is 0 Å². The highest BCUT2D eigenvalue weighted by Gasteiger charge is 2.30. The SMILES string of the molecule is CCC(C)C(C)(O)c1ccc2c(c1)OCCCO2. The summed E-state index contributed by atoms with van der Waals surface area (Å²) in [5.74, 6) is 1.71. The molecule has 0 radical (unpaired) electrons. The molecular weight excluding hydrogens is 228 g/mol. The first-order valence-electron chi connectivity index (χ1n) is 6.68. The van der Waals surface area contributed by atoms with E-state index in [0.717, 1.165) is 29.9 Å². The number of fused-ring (bicyclic) bond motifs is 1. The molecule has 1 aromatic rings. The summed E-state index contributed by atoms with van der Waals surface area (Å²) in [6.07, 6.45) is 1.83. The monoisotopic (exact) mass is 250 g/mol. The molecule has 0 saturated heterocycles. The third-order valence-corrected chi connectivity index (χ3v) is 3.90. The molecule has 0 aromatic heterocycles. The van der Waals surface area contributed by atoms with Gasteiger partial charge in [0.15, 0.2) is 11.5 Å². The molecule has 1 heterocycles. The summed E-state index contributed by atoms with van der Waals surface area (Å²) in [7, 11) is 0. The van der Waals surface area contributed by atoms with E-state index in [1.165, 1.54) is 0 Å². The first-order chi connectivity index (χ1) is 8.55. The summed E-state index contributed by atoms with van der Waals surface area (Å²) >= 11 is 0. The van der Waals surface area contributed by atoms with Gasteiger partial charge < -0.3 is 14.6 Å². The van der Waals surface area contributed by atoms with Crippen molar-refractivity contribution in [2.75, 3.05) is 13.2 Å². The largest absolute Gasteiger partial charge is 0.490 e. The van der Waals surface area contributed by atoms with Crippen LogP contribution in [0.4, 0.5) is 0 Å². The first kappa shape index (κ1) is 13.2. The lowest BCUT2D eigenvalue weighted by Gasteiger charge is -2.30. The Kier molecular flexibility index (Phi) is 3.81. The maximum Gasteiger partial charge on any atom is 0.161 e. The molecule has 100 valence electrons. The second kappa shape index (κ2) is 5.19. The summed E-state index contributed by atoms with van der Waals surface area (Å²) in [5.41, 5.74) is 0.0560. The number of benzene rings is 1. The van der Waals surface area contributed by atoms with Crippen LogP contribution in [0.25, 0.3) is 0 Å². The van der Waals surface area contributed by atoms with Crippen LogP contribution in [0.15, 0.2) is 18.2 Å². The second-order valence-corrected chi connectivity index (χ2v) is 5.17. The number of hydrogen-bond donors (Lipinski definition) is 1. The molecule has 0 aliphatic carbocycles. The average Bonchev–Trinajstić information content (AvgIpc) is 2.61. The van der Waals surface area contributed by atoms with E-state index < -0.39 is 5.60 Å². The van der Waals surface area contributed by atoms with Gasteiger partial charge in [-0.25, -0.2) is 0 Å². The molecule has 2 atom stereocenters. The summed E-state index contributed by atoms with van der Waals surface area (Å²) in [5, 5.41) is 10.6. The number of hydrogen-bond acceptors (Lipinski definition) is 3. The third-order valence-electron chi connectivity index (χ3n) is 3.90. The Morgan fingerprint density at radius 1 is 1.28 bits per heavy atom. The maximum absolute atomic E-state index is 10.6. The lowest BCUT2D eigenvalue weighted by Crippen LogP contribution is -2.29. The lowest BCUT2D eigenvalue weighted by molar-refractivity contribution is -0.000202. The van der Waals surface area contributed by atoms with E-state index >= 15 is 0 Å². The molecule has 0 bridgehead atoms. The molecule has 0 saturated carbocycles. The van der Waals surface area contributed by atoms with E-state index in [2.05, 4.69) is 13.8 Å². The molecule has 0 fully saturated rings. The van der Waals surface area contributed by atoms with Crippen molar-refractivity contribution in [2.45, 2.75) is 39.2 Å². The smallest absolute Gasteiger partial charge is 0.161 e. The van der Waals surface area contributed by atoms with Crippen LogP contribution in [0.1, 0.15) is 39.2 Å². The third kappa shape index (κ3) is 2.46. The van der Waals surface area contributed by atoms with Crippen molar-refractivity contribution < 1.29 is 14.6 Å². The minimum absolute atomic E-state index is 0.197. The summed E-state index contributed by atoms with van der Waals surface area (Å²) in [4.78, 5) is 0. The van der Waals surface area contributed by atoms with Crippen LogP contribution in [0, 0.1) is 5.92 Å². The highest BCUT2D eigenvalue weighted by molar-refractivity contribution is 5.45. The Hall–Kier alpha value is -1.22. The number of ether oxygens (including phenoxy) is 2. The predicted octanol–water partition coefficient (Wildman–Crippen LogP) is 3.10. The van der Waals surface area contributed by atoms with Gasteiger partial charge in [0.1, 0.15) is 0 Å². The van der Waals surface area contributed by atoms with Gasteiger partial charge in [-0.15, -0.1) is 0 Å². The van der Waals surface area contributed by atoms with Gasteiger partial charge in [0.05, 0.1) is 18.8 Å². The minimum Gasteiger partial charge on any atom is -0.490 e. The van der Waals surface area contributed by atoms with Crippen molar-refractivity contribution in [1.29, 1.82) is 0 Å². The van der Waals surface area contributed by atoms with Crippen LogP contribution in [0.3, 0.4) is 0 Å². The highest BCUT2D eigenvalue weighted by Crippen LogP contribution is 2.37. The average molecular weight is 250 g/mol. The van der Waals surface area contributed by atoms with Crippen molar-refractivity contribution in [3.05, 3.63) is 23.8 Å². The zero-order valence-electron chi connectivity index (χ0n) is 11.4. The van der Waals surface area contributed by atoms with Gasteiger partial charge >= 0.3 is 0 Å². The standard InChI is InChI=1S/C15H22O3/c1-4-11(2)15(3,16)12-6-7-13-14(10-12)18-9-5-8-17-13/h6-7,10-11,16H,4-5,8-9H2,1-3H3. The summed E-state index contributed by atoms with van der Waals surface area (Å²) in [6, 6.07) is 5.74. The zero-order chi connectivity index (χ0) is 13.2. The molecule has 1 aliphatic rings. The van der Waals surface area contributed by atoms with Crippen LogP contribution >= 0.6 is 0 Å². The van der Waals surface area contributed by atoms with Crippen molar-refractivity contribution in [3.8, 4) is 11.5 Å². The van der Waals surface area contributed by atoms with Crippen molar-refractivity contribution in [1.82, 2.24) is 0 Å². The zero-order valence-corrected chi connectivity index (χ0v) is 11.4. The van der Waals surface area contributed by atoms with E-state index in [9.17, 15) is 5.11 Å². The molecule has 2 unspecified atom stereocenters. The lowest BCUT2D eigenvalue weighted by atomic mass is 9.82. The molecule has 2 rings (SSSR count). The Balaban J connectivity index is 2.33. The van der Waals surface area contributed by atoms with E-state index in [-0.39, 0.29) is 5.92 Å². The minimum atomic E-state index is -0.834. The van der Waals surface area contributed by atoms with Crippen LogP contribution in [0.2, 0.25) is 0 Å². The maximum atomic E-state index is 10.6. The van der Waals surface area contributed by atoms with Crippen molar-refractivity contribution >= 4 is 0 Å². The topological polar surface area (TPSA) is 38.7 Å². The quantitative estimate of drug-likeness (QED) is 0.896. The normalized spacial score (nSPS) is 19.8. The Morgan fingerprint density at radius 2 is 1.94 bits per heavy atom. The molecule has 1 aliphatic heterocycles. The molecule has 3 nitrogen and oxygen atoms in total. The van der Waals surface area contributed by atoms with Gasteiger partial charge in [-0.1, -0.05) is 26.3 Å². The van der Waals surface area contributed by atoms with Gasteiger partial charge in [-0.05, 0) is 30.5 Å². The van der Waals surface area contributed by atoms with Gasteiger partial charge in [0.2, 0.25) is 0 Å². The fourth-order valence-electron chi connectivity index (χ4n) is 2.16.